The number of halogens is 2. The first kappa shape index (κ1) is 16.7. The van der Waals surface area contributed by atoms with E-state index in [4.69, 9.17) is 17.4 Å². The van der Waals surface area contributed by atoms with Crippen LogP contribution in [0.15, 0.2) is 18.2 Å². The first-order chi connectivity index (χ1) is 10.1. The SMILES string of the molecule is CCCC1CCC(C(Cc2ccc(Cl)c(F)c2)NN)CC1. The second kappa shape index (κ2) is 8.11. The van der Waals surface area contributed by atoms with Gasteiger partial charge in [-0.25, -0.2) is 4.39 Å². The molecule has 4 heteroatoms. The van der Waals surface area contributed by atoms with Gasteiger partial charge < -0.3 is 0 Å². The van der Waals surface area contributed by atoms with Gasteiger partial charge in [-0.3, -0.25) is 11.3 Å². The molecule has 21 heavy (non-hydrogen) atoms. The number of benzene rings is 1. The van der Waals surface area contributed by atoms with Crippen LogP contribution < -0.4 is 11.3 Å². The molecule has 0 aliphatic heterocycles. The molecule has 1 aromatic carbocycles. The van der Waals surface area contributed by atoms with Crippen LogP contribution in [-0.2, 0) is 6.42 Å². The van der Waals surface area contributed by atoms with Gasteiger partial charge in [0.25, 0.3) is 0 Å². The van der Waals surface area contributed by atoms with Crippen molar-refractivity contribution in [3.05, 3.63) is 34.6 Å². The van der Waals surface area contributed by atoms with Gasteiger partial charge in [-0.05, 0) is 48.8 Å². The molecule has 1 unspecified atom stereocenters. The molecule has 3 N–H and O–H groups in total. The second-order valence-electron chi connectivity index (χ2n) is 6.30. The van der Waals surface area contributed by atoms with Crippen molar-refractivity contribution in [2.24, 2.45) is 17.7 Å². The third-order valence-corrected chi connectivity index (χ3v) is 5.12. The number of hydrogen-bond acceptors (Lipinski definition) is 2. The number of hydrazine groups is 1. The average molecular weight is 313 g/mol. The Morgan fingerprint density at radius 3 is 2.62 bits per heavy atom. The van der Waals surface area contributed by atoms with Crippen LogP contribution in [0.2, 0.25) is 5.02 Å². The van der Waals surface area contributed by atoms with E-state index in [0.717, 1.165) is 17.9 Å². The van der Waals surface area contributed by atoms with E-state index in [9.17, 15) is 4.39 Å². The zero-order chi connectivity index (χ0) is 15.2. The summed E-state index contributed by atoms with van der Waals surface area (Å²) in [6.07, 6.45) is 8.41. The van der Waals surface area contributed by atoms with Gasteiger partial charge >= 0.3 is 0 Å². The normalized spacial score (nSPS) is 24.0. The van der Waals surface area contributed by atoms with Gasteiger partial charge in [-0.2, -0.15) is 0 Å². The lowest BCUT2D eigenvalue weighted by Gasteiger charge is -2.33. The number of hydrogen-bond donors (Lipinski definition) is 2. The van der Waals surface area contributed by atoms with Crippen LogP contribution >= 0.6 is 11.6 Å². The molecule has 0 saturated heterocycles. The monoisotopic (exact) mass is 312 g/mol. The summed E-state index contributed by atoms with van der Waals surface area (Å²) in [7, 11) is 0. The average Bonchev–Trinajstić information content (AvgIpc) is 2.50. The summed E-state index contributed by atoms with van der Waals surface area (Å²) < 4.78 is 13.5. The number of nitrogens with two attached hydrogens (primary N) is 1. The second-order valence-corrected chi connectivity index (χ2v) is 6.70. The van der Waals surface area contributed by atoms with Crippen molar-refractivity contribution in [2.45, 2.75) is 57.9 Å². The summed E-state index contributed by atoms with van der Waals surface area (Å²) in [6.45, 7) is 2.26. The van der Waals surface area contributed by atoms with Gasteiger partial charge in [0.1, 0.15) is 5.82 Å². The maximum absolute atomic E-state index is 13.5. The Bertz CT molecular complexity index is 444. The van der Waals surface area contributed by atoms with Gasteiger partial charge in [0.15, 0.2) is 0 Å². The molecule has 0 bridgehead atoms. The zero-order valence-corrected chi connectivity index (χ0v) is 13.5. The van der Waals surface area contributed by atoms with Gasteiger partial charge in [0, 0.05) is 6.04 Å². The van der Waals surface area contributed by atoms with Crippen molar-refractivity contribution in [2.75, 3.05) is 0 Å². The summed E-state index contributed by atoms with van der Waals surface area (Å²) in [4.78, 5) is 0. The number of nitrogens with one attached hydrogen (secondary N) is 1. The third-order valence-electron chi connectivity index (χ3n) is 4.81. The highest BCUT2D eigenvalue weighted by Gasteiger charge is 2.26. The van der Waals surface area contributed by atoms with Crippen LogP contribution in [-0.4, -0.2) is 6.04 Å². The standard InChI is InChI=1S/C17H26ClFN2/c1-2-3-12-4-7-14(8-5-12)17(21-20)11-13-6-9-15(18)16(19)10-13/h6,9-10,12,14,17,21H,2-5,7-8,11,20H2,1H3. The predicted molar refractivity (Wildman–Crippen MR) is 86.6 cm³/mol. The summed E-state index contributed by atoms with van der Waals surface area (Å²) in [6, 6.07) is 5.25. The largest absolute Gasteiger partial charge is 0.271 e. The molecule has 1 aliphatic carbocycles. The van der Waals surface area contributed by atoms with E-state index in [-0.39, 0.29) is 16.9 Å². The molecule has 1 atom stereocenters. The Hall–Kier alpha value is -0.640. The molecule has 0 aromatic heterocycles. The lowest BCUT2D eigenvalue weighted by atomic mass is 9.76. The van der Waals surface area contributed by atoms with Crippen molar-refractivity contribution in [1.29, 1.82) is 0 Å². The third kappa shape index (κ3) is 4.67. The molecular weight excluding hydrogens is 287 g/mol. The van der Waals surface area contributed by atoms with Crippen molar-refractivity contribution < 1.29 is 4.39 Å². The van der Waals surface area contributed by atoms with E-state index in [2.05, 4.69) is 12.3 Å². The Balaban J connectivity index is 1.92. The fourth-order valence-electron chi connectivity index (χ4n) is 3.57. The van der Waals surface area contributed by atoms with Crippen LogP contribution in [0, 0.1) is 17.7 Å². The van der Waals surface area contributed by atoms with E-state index >= 15 is 0 Å². The first-order valence-electron chi connectivity index (χ1n) is 8.04. The molecule has 2 rings (SSSR count). The zero-order valence-electron chi connectivity index (χ0n) is 12.7. The highest BCUT2D eigenvalue weighted by molar-refractivity contribution is 6.30. The van der Waals surface area contributed by atoms with Crippen LogP contribution in [0.5, 0.6) is 0 Å². The van der Waals surface area contributed by atoms with Crippen LogP contribution in [0.25, 0.3) is 0 Å². The minimum absolute atomic E-state index is 0.177. The van der Waals surface area contributed by atoms with E-state index in [1.807, 2.05) is 6.07 Å². The van der Waals surface area contributed by atoms with Gasteiger partial charge in [0.2, 0.25) is 0 Å². The van der Waals surface area contributed by atoms with E-state index in [1.165, 1.54) is 44.6 Å². The van der Waals surface area contributed by atoms with Crippen LogP contribution in [0.3, 0.4) is 0 Å². The van der Waals surface area contributed by atoms with Gasteiger partial charge in [-0.15, -0.1) is 0 Å². The van der Waals surface area contributed by atoms with E-state index in [0.29, 0.717) is 5.92 Å². The minimum Gasteiger partial charge on any atom is -0.271 e. The topological polar surface area (TPSA) is 38.0 Å². The fraction of sp³-hybridized carbons (Fsp3) is 0.647. The van der Waals surface area contributed by atoms with E-state index < -0.39 is 0 Å². The smallest absolute Gasteiger partial charge is 0.142 e. The Morgan fingerprint density at radius 1 is 1.33 bits per heavy atom. The Labute approximate surface area is 132 Å². The van der Waals surface area contributed by atoms with E-state index in [1.54, 1.807) is 6.07 Å². The first-order valence-corrected chi connectivity index (χ1v) is 8.41. The Morgan fingerprint density at radius 2 is 2.05 bits per heavy atom. The molecule has 118 valence electrons. The molecule has 1 fully saturated rings. The van der Waals surface area contributed by atoms with Crippen LogP contribution in [0.1, 0.15) is 51.0 Å². The molecular formula is C17H26ClFN2. The van der Waals surface area contributed by atoms with Crippen molar-refractivity contribution >= 4 is 11.6 Å². The molecule has 1 saturated carbocycles. The lowest BCUT2D eigenvalue weighted by Crippen LogP contribution is -2.43. The summed E-state index contributed by atoms with van der Waals surface area (Å²) in [5.41, 5.74) is 3.90. The van der Waals surface area contributed by atoms with Crippen molar-refractivity contribution in [1.82, 2.24) is 5.43 Å². The maximum Gasteiger partial charge on any atom is 0.142 e. The highest BCUT2D eigenvalue weighted by atomic mass is 35.5. The summed E-state index contributed by atoms with van der Waals surface area (Å²) in [5, 5.41) is 0.177. The van der Waals surface area contributed by atoms with Gasteiger partial charge in [-0.1, -0.05) is 50.3 Å². The minimum atomic E-state index is -0.350. The number of rotatable bonds is 6. The summed E-state index contributed by atoms with van der Waals surface area (Å²) >= 11 is 5.73. The maximum atomic E-state index is 13.5. The van der Waals surface area contributed by atoms with Gasteiger partial charge in [0.05, 0.1) is 5.02 Å². The fourth-order valence-corrected chi connectivity index (χ4v) is 3.69. The molecule has 0 amide bonds. The molecule has 0 heterocycles. The molecule has 0 spiro atoms. The van der Waals surface area contributed by atoms with Crippen molar-refractivity contribution in [3.8, 4) is 0 Å². The molecule has 0 radical (unpaired) electrons. The molecule has 1 aliphatic rings. The summed E-state index contributed by atoms with van der Waals surface area (Å²) in [5.74, 6) is 6.86. The van der Waals surface area contributed by atoms with Crippen molar-refractivity contribution in [3.63, 3.8) is 0 Å². The molecule has 1 aromatic rings. The molecule has 2 nitrogen and oxygen atoms in total. The van der Waals surface area contributed by atoms with Crippen LogP contribution in [0.4, 0.5) is 4.39 Å². The quantitative estimate of drug-likeness (QED) is 0.601. The lowest BCUT2D eigenvalue weighted by molar-refractivity contribution is 0.213. The Kier molecular flexibility index (Phi) is 6.46. The predicted octanol–water partition coefficient (Wildman–Crippen LogP) is 4.46. The highest BCUT2D eigenvalue weighted by Crippen LogP contribution is 2.34.